The quantitative estimate of drug-likeness (QED) is 0.480. The average Bonchev–Trinajstić information content (AvgIpc) is 2.69. The highest BCUT2D eigenvalue weighted by molar-refractivity contribution is 7.89. The van der Waals surface area contributed by atoms with Crippen LogP contribution in [-0.2, 0) is 32.3 Å². The number of carbonyl (C=O) groups is 1. The third-order valence-corrected chi connectivity index (χ3v) is 4.87. The second kappa shape index (κ2) is 12.8. The molecule has 2 aromatic rings. The Morgan fingerprint density at radius 2 is 1.93 bits per heavy atom. The van der Waals surface area contributed by atoms with Crippen LogP contribution in [-0.4, -0.2) is 58.7 Å². The maximum Gasteiger partial charge on any atom is 0.489 e. The van der Waals surface area contributed by atoms with E-state index < -0.39 is 23.6 Å². The number of ether oxygens (including phenoxy) is 1. The molecule has 0 aliphatic rings. The number of nitrogens with one attached hydrogen (secondary N) is 1. The minimum atomic E-state index is -3.61. The zero-order chi connectivity index (χ0) is 21.7. The van der Waals surface area contributed by atoms with Crippen molar-refractivity contribution in [3.8, 4) is 0 Å². The van der Waals surface area contributed by atoms with Gasteiger partial charge in [-0.2, -0.15) is 0 Å². The summed E-state index contributed by atoms with van der Waals surface area (Å²) in [6, 6.07) is 5.33. The van der Waals surface area contributed by atoms with Gasteiger partial charge in [-0.1, -0.05) is 0 Å². The molecule has 0 atom stereocenters. The van der Waals surface area contributed by atoms with Crippen molar-refractivity contribution < 1.29 is 27.7 Å². The van der Waals surface area contributed by atoms with Crippen LogP contribution in [0.15, 0.2) is 47.9 Å². The molecule has 0 saturated heterocycles. The molecule has 0 unspecified atom stereocenters. The first-order valence-corrected chi connectivity index (χ1v) is 9.90. The highest BCUT2D eigenvalue weighted by Gasteiger charge is 2.16. The van der Waals surface area contributed by atoms with Gasteiger partial charge in [-0.3, -0.25) is 9.97 Å². The fourth-order valence-corrected chi connectivity index (χ4v) is 2.96. The van der Waals surface area contributed by atoms with Gasteiger partial charge < -0.3 is 14.5 Å². The summed E-state index contributed by atoms with van der Waals surface area (Å²) in [5.74, 6) is 0. The molecule has 11 heteroatoms. The Bertz CT molecular complexity index is 855. The van der Waals surface area contributed by atoms with Crippen LogP contribution >= 0.6 is 0 Å². The molecule has 2 heterocycles. The smallest absolute Gasteiger partial charge is 0.489 e. The highest BCUT2D eigenvalue weighted by atomic mass is 32.2. The van der Waals surface area contributed by atoms with Gasteiger partial charge in [0.15, 0.2) is 0 Å². The van der Waals surface area contributed by atoms with Crippen LogP contribution in [0.3, 0.4) is 0 Å². The van der Waals surface area contributed by atoms with Gasteiger partial charge in [0, 0.05) is 39.2 Å². The van der Waals surface area contributed by atoms with Crippen LogP contribution in [0.5, 0.6) is 0 Å². The Labute approximate surface area is 166 Å². The third-order valence-electron chi connectivity index (χ3n) is 3.38. The summed E-state index contributed by atoms with van der Waals surface area (Å²) < 4.78 is 42.0. The van der Waals surface area contributed by atoms with Crippen LogP contribution < -0.4 is 4.72 Å². The van der Waals surface area contributed by atoms with Crippen LogP contribution in [0.2, 0.25) is 6.82 Å². The van der Waals surface area contributed by atoms with Crippen LogP contribution in [0.1, 0.15) is 11.1 Å². The molecule has 152 valence electrons. The molecule has 0 aromatic carbocycles. The summed E-state index contributed by atoms with van der Waals surface area (Å²) in [6.45, 7) is 1.54. The predicted molar refractivity (Wildman–Crippen MR) is 105 cm³/mol. The van der Waals surface area contributed by atoms with Gasteiger partial charge in [-0.05, 0) is 49.6 Å². The van der Waals surface area contributed by atoms with Crippen molar-refractivity contribution in [1.29, 1.82) is 1.34 Å². The van der Waals surface area contributed by atoms with E-state index in [2.05, 4.69) is 19.3 Å². The van der Waals surface area contributed by atoms with Gasteiger partial charge in [0.2, 0.25) is 10.0 Å². The number of hydrogen-bond donors (Lipinski definition) is 2. The van der Waals surface area contributed by atoms with Crippen molar-refractivity contribution in [1.82, 2.24) is 14.7 Å². The predicted octanol–water partition coefficient (Wildman–Crippen LogP) is 0.701. The van der Waals surface area contributed by atoms with E-state index in [1.807, 2.05) is 12.1 Å². The molecule has 0 fully saturated rings. The number of hydrogen-bond acceptors (Lipinski definition) is 8. The lowest BCUT2D eigenvalue weighted by atomic mass is 10.1. The Kier molecular flexibility index (Phi) is 9.98. The van der Waals surface area contributed by atoms with Crippen molar-refractivity contribution in [3.63, 3.8) is 0 Å². The van der Waals surface area contributed by atoms with E-state index >= 15 is 0 Å². The topological polar surface area (TPSA) is 128 Å². The lowest BCUT2D eigenvalue weighted by Gasteiger charge is -2.09. The number of carbonyl (C=O) groups excluding carboxylic acids is 1. The molecule has 0 spiro atoms. The summed E-state index contributed by atoms with van der Waals surface area (Å²) in [6.07, 6.45) is 6.10. The molecule has 9 nitrogen and oxygen atoms in total. The molecule has 0 amide bonds. The number of sulfonamides is 1. The van der Waals surface area contributed by atoms with Gasteiger partial charge in [-0.25, -0.2) is 17.9 Å². The van der Waals surface area contributed by atoms with Crippen molar-refractivity contribution in [2.45, 2.75) is 24.6 Å². The lowest BCUT2D eigenvalue weighted by Crippen LogP contribution is -2.21. The maximum absolute atomic E-state index is 11.8. The van der Waals surface area contributed by atoms with Crippen LogP contribution in [0.4, 0.5) is 4.79 Å². The molecular weight excluding hydrogens is 385 g/mol. The first-order valence-electron chi connectivity index (χ1n) is 8.99. The molecule has 2 N–H and O–H groups in total. The summed E-state index contributed by atoms with van der Waals surface area (Å²) in [7, 11) is -3.32. The lowest BCUT2D eigenvalue weighted by molar-refractivity contribution is 0.102. The summed E-state index contributed by atoms with van der Waals surface area (Å²) >= 11 is 0. The molecular formula is C17H24BN3O6S. The number of aliphatic hydroxyl groups excluding tert-OH is 1. The Morgan fingerprint density at radius 1 is 1.25 bits per heavy atom. The van der Waals surface area contributed by atoms with Crippen molar-refractivity contribution in [2.75, 3.05) is 20.3 Å². The Balaban J connectivity index is 0.000000387. The van der Waals surface area contributed by atoms with E-state index in [1.54, 1.807) is 12.4 Å². The van der Waals surface area contributed by atoms with Crippen molar-refractivity contribution in [2.24, 2.45) is 0 Å². The molecule has 28 heavy (non-hydrogen) atoms. The van der Waals surface area contributed by atoms with Crippen LogP contribution in [0.25, 0.3) is 0 Å². The standard InChI is InChI=1S/C10H15BN2O5S.C7H9NO/c1-11-18-10(14)17-6-4-8-3-5-13-7-9(8)19(15,16)12-2;9-6-3-7-1-4-8-5-2-7/h3,5,7,11-12H,4,6H2,1-2H3;1-2,4-5,9H,3,6H2/i11T;. The van der Waals surface area contributed by atoms with E-state index in [9.17, 15) is 13.2 Å². The van der Waals surface area contributed by atoms with E-state index in [0.717, 1.165) is 12.0 Å². The number of aromatic nitrogens is 2. The third kappa shape index (κ3) is 8.46. The van der Waals surface area contributed by atoms with Gasteiger partial charge in [0.1, 0.15) is 4.90 Å². The van der Waals surface area contributed by atoms with Crippen molar-refractivity contribution >= 4 is 23.6 Å². The van der Waals surface area contributed by atoms with E-state index in [4.69, 9.17) is 11.2 Å². The van der Waals surface area contributed by atoms with Crippen molar-refractivity contribution in [3.05, 3.63) is 54.1 Å². The number of rotatable bonds is 8. The van der Waals surface area contributed by atoms with Crippen LogP contribution in [0, 0.1) is 0 Å². The Morgan fingerprint density at radius 3 is 2.54 bits per heavy atom. The maximum atomic E-state index is 11.8. The summed E-state index contributed by atoms with van der Waals surface area (Å²) in [4.78, 5) is 18.7. The summed E-state index contributed by atoms with van der Waals surface area (Å²) in [5.41, 5.74) is 1.61. The molecule has 0 radical (unpaired) electrons. The molecule has 0 aliphatic heterocycles. The average molecular weight is 411 g/mol. The minimum Gasteiger partial charge on any atom is -0.510 e. The zero-order valence-corrected chi connectivity index (χ0v) is 16.6. The monoisotopic (exact) mass is 411 g/mol. The zero-order valence-electron chi connectivity index (χ0n) is 16.7. The number of aliphatic hydroxyl groups is 1. The van der Waals surface area contributed by atoms with Gasteiger partial charge in [0.05, 0.1) is 6.61 Å². The molecule has 2 aromatic heterocycles. The molecule has 0 bridgehead atoms. The number of pyridine rings is 2. The van der Waals surface area contributed by atoms with Gasteiger partial charge >= 0.3 is 13.6 Å². The largest absolute Gasteiger partial charge is 0.510 e. The van der Waals surface area contributed by atoms with E-state index in [0.29, 0.717) is 5.56 Å². The SMILES string of the molecule is OCCc1ccncc1.[3H]B(C)OC(=O)OCCc1ccncc1S(=O)(=O)NC. The number of nitrogens with zero attached hydrogens (tertiary/aromatic N) is 2. The fraction of sp³-hybridized carbons (Fsp3) is 0.353. The first-order chi connectivity index (χ1) is 13.8. The highest BCUT2D eigenvalue weighted by Crippen LogP contribution is 2.14. The summed E-state index contributed by atoms with van der Waals surface area (Å²) in [5, 5.41) is 8.50. The Hall–Kier alpha value is -2.50. The minimum absolute atomic E-state index is 0.0355. The van der Waals surface area contributed by atoms with Gasteiger partial charge in [0.25, 0.3) is 0 Å². The molecule has 0 saturated carbocycles. The van der Waals surface area contributed by atoms with E-state index in [-0.39, 0.29) is 24.5 Å². The second-order valence-electron chi connectivity index (χ2n) is 5.22. The van der Waals surface area contributed by atoms with Gasteiger partial charge in [-0.15, -0.1) is 0 Å². The van der Waals surface area contributed by atoms with E-state index in [1.165, 1.54) is 32.3 Å². The second-order valence-corrected chi connectivity index (χ2v) is 7.08. The fourth-order valence-electron chi connectivity index (χ4n) is 2.02. The molecule has 2 rings (SSSR count). The molecule has 0 aliphatic carbocycles. The first kappa shape index (κ1) is 21.8. The normalized spacial score (nSPS) is 10.9.